The molecule has 136 valence electrons. The summed E-state index contributed by atoms with van der Waals surface area (Å²) >= 11 is 6.02. The van der Waals surface area contributed by atoms with Crippen LogP contribution in [0.5, 0.6) is 0 Å². The van der Waals surface area contributed by atoms with Crippen molar-refractivity contribution >= 4 is 39.6 Å². The minimum absolute atomic E-state index is 0.790. The number of aromatic nitrogens is 1. The van der Waals surface area contributed by atoms with E-state index in [1.54, 1.807) is 0 Å². The molecular weight excluding hydrogens is 344 g/mol. The number of piperazine rings is 1. The van der Waals surface area contributed by atoms with Gasteiger partial charge in [0.1, 0.15) is 0 Å². The Morgan fingerprint density at radius 1 is 0.923 bits per heavy atom. The van der Waals surface area contributed by atoms with Gasteiger partial charge in [0.25, 0.3) is 0 Å². The van der Waals surface area contributed by atoms with Crippen molar-refractivity contribution in [3.63, 3.8) is 0 Å². The zero-order chi connectivity index (χ0) is 18.3. The summed E-state index contributed by atoms with van der Waals surface area (Å²) in [6, 6.07) is 14.8. The third-order valence-electron chi connectivity index (χ3n) is 5.24. The van der Waals surface area contributed by atoms with Crippen molar-refractivity contribution in [2.75, 3.05) is 55.0 Å². The summed E-state index contributed by atoms with van der Waals surface area (Å²) in [5, 5.41) is 2.10. The van der Waals surface area contributed by atoms with Gasteiger partial charge in [0.15, 0.2) is 0 Å². The highest BCUT2D eigenvalue weighted by Gasteiger charge is 2.22. The van der Waals surface area contributed by atoms with Crippen LogP contribution in [0.3, 0.4) is 0 Å². The Balaban J connectivity index is 1.58. The van der Waals surface area contributed by atoms with Gasteiger partial charge >= 0.3 is 0 Å². The quantitative estimate of drug-likeness (QED) is 0.735. The molecule has 4 rings (SSSR count). The Kier molecular flexibility index (Phi) is 4.45. The van der Waals surface area contributed by atoms with Crippen LogP contribution in [0.25, 0.3) is 10.9 Å². The van der Waals surface area contributed by atoms with Crippen LogP contribution in [0.1, 0.15) is 5.69 Å². The number of hydrogen-bond donors (Lipinski definition) is 1. The standard InChI is InChI=1S/C21H25ClN4/c1-15-21(19-14-18(24(2)3)8-9-20(19)23-15)26-12-10-25(11-13-26)17-6-4-16(22)5-7-17/h4-9,14,23H,10-13H2,1-3H3. The third-order valence-corrected chi connectivity index (χ3v) is 5.49. The van der Waals surface area contributed by atoms with E-state index in [9.17, 15) is 0 Å². The molecule has 1 saturated heterocycles. The Morgan fingerprint density at radius 2 is 1.58 bits per heavy atom. The zero-order valence-corrected chi connectivity index (χ0v) is 16.3. The lowest BCUT2D eigenvalue weighted by Crippen LogP contribution is -2.46. The number of H-pyrrole nitrogens is 1. The van der Waals surface area contributed by atoms with Crippen molar-refractivity contribution in [1.82, 2.24) is 4.98 Å². The Labute approximate surface area is 160 Å². The highest BCUT2D eigenvalue weighted by atomic mass is 35.5. The molecule has 3 aromatic rings. The smallest absolute Gasteiger partial charge is 0.0656 e. The van der Waals surface area contributed by atoms with Gasteiger partial charge in [-0.25, -0.2) is 0 Å². The Bertz CT molecular complexity index is 906. The summed E-state index contributed by atoms with van der Waals surface area (Å²) in [4.78, 5) is 10.7. The molecule has 2 aromatic carbocycles. The molecule has 1 N–H and O–H groups in total. The molecule has 0 amide bonds. The summed E-state index contributed by atoms with van der Waals surface area (Å²) in [6.45, 7) is 6.24. The van der Waals surface area contributed by atoms with Crippen LogP contribution >= 0.6 is 11.6 Å². The van der Waals surface area contributed by atoms with Gasteiger partial charge in [-0.1, -0.05) is 11.6 Å². The second kappa shape index (κ2) is 6.76. The number of nitrogens with zero attached hydrogens (tertiary/aromatic N) is 3. The topological polar surface area (TPSA) is 25.5 Å². The molecule has 2 heterocycles. The number of aryl methyl sites for hydroxylation is 1. The third kappa shape index (κ3) is 3.10. The number of benzene rings is 2. The van der Waals surface area contributed by atoms with Crippen LogP contribution in [0.15, 0.2) is 42.5 Å². The maximum Gasteiger partial charge on any atom is 0.0656 e. The van der Waals surface area contributed by atoms with Crippen LogP contribution < -0.4 is 14.7 Å². The van der Waals surface area contributed by atoms with E-state index in [1.165, 1.54) is 33.7 Å². The summed E-state index contributed by atoms with van der Waals surface area (Å²) in [5.41, 5.74) is 6.29. The second-order valence-corrected chi connectivity index (χ2v) is 7.61. The minimum Gasteiger partial charge on any atom is -0.378 e. The molecule has 0 unspecified atom stereocenters. The van der Waals surface area contributed by atoms with E-state index in [-0.39, 0.29) is 0 Å². The highest BCUT2D eigenvalue weighted by molar-refractivity contribution is 6.30. The van der Waals surface area contributed by atoms with E-state index < -0.39 is 0 Å². The van der Waals surface area contributed by atoms with E-state index in [0.717, 1.165) is 31.2 Å². The molecule has 0 spiro atoms. The number of anilines is 3. The molecular formula is C21H25ClN4. The van der Waals surface area contributed by atoms with E-state index in [0.29, 0.717) is 0 Å². The van der Waals surface area contributed by atoms with Crippen molar-refractivity contribution < 1.29 is 0 Å². The fourth-order valence-corrected chi connectivity index (χ4v) is 3.95. The van der Waals surface area contributed by atoms with Gasteiger partial charge in [0.2, 0.25) is 0 Å². The molecule has 0 saturated carbocycles. The van der Waals surface area contributed by atoms with Crippen molar-refractivity contribution in [2.24, 2.45) is 0 Å². The fraction of sp³-hybridized carbons (Fsp3) is 0.333. The molecule has 1 aromatic heterocycles. The van der Waals surface area contributed by atoms with Crippen molar-refractivity contribution in [3.05, 3.63) is 53.2 Å². The molecule has 0 atom stereocenters. The van der Waals surface area contributed by atoms with E-state index in [4.69, 9.17) is 11.6 Å². The highest BCUT2D eigenvalue weighted by Crippen LogP contribution is 2.34. The van der Waals surface area contributed by atoms with E-state index in [1.807, 2.05) is 12.1 Å². The van der Waals surface area contributed by atoms with Gasteiger partial charge in [0, 0.05) is 73.3 Å². The Hall–Kier alpha value is -2.33. The molecule has 4 nitrogen and oxygen atoms in total. The molecule has 0 bridgehead atoms. The fourth-order valence-electron chi connectivity index (χ4n) is 3.83. The van der Waals surface area contributed by atoms with Crippen molar-refractivity contribution in [3.8, 4) is 0 Å². The van der Waals surface area contributed by atoms with Gasteiger partial charge in [-0.2, -0.15) is 0 Å². The minimum atomic E-state index is 0.790. The molecule has 5 heteroatoms. The number of halogens is 1. The van der Waals surface area contributed by atoms with Crippen molar-refractivity contribution in [1.29, 1.82) is 0 Å². The number of hydrogen-bond acceptors (Lipinski definition) is 3. The first kappa shape index (κ1) is 17.1. The predicted molar refractivity (Wildman–Crippen MR) is 113 cm³/mol. The largest absolute Gasteiger partial charge is 0.378 e. The first-order chi connectivity index (χ1) is 12.5. The number of rotatable bonds is 3. The lowest BCUT2D eigenvalue weighted by molar-refractivity contribution is 0.654. The summed E-state index contributed by atoms with van der Waals surface area (Å²) < 4.78 is 0. The first-order valence-corrected chi connectivity index (χ1v) is 9.46. The maximum absolute atomic E-state index is 6.02. The average molecular weight is 369 g/mol. The normalized spacial score (nSPS) is 14.9. The van der Waals surface area contributed by atoms with Gasteiger partial charge in [-0.15, -0.1) is 0 Å². The van der Waals surface area contributed by atoms with Crippen LogP contribution in [-0.4, -0.2) is 45.3 Å². The molecule has 1 aliphatic heterocycles. The monoisotopic (exact) mass is 368 g/mol. The first-order valence-electron chi connectivity index (χ1n) is 9.08. The second-order valence-electron chi connectivity index (χ2n) is 7.17. The zero-order valence-electron chi connectivity index (χ0n) is 15.6. The number of nitrogens with one attached hydrogen (secondary N) is 1. The SMILES string of the molecule is Cc1[nH]c2ccc(N(C)C)cc2c1N1CCN(c2ccc(Cl)cc2)CC1. The number of aromatic amines is 1. The van der Waals surface area contributed by atoms with E-state index >= 15 is 0 Å². The van der Waals surface area contributed by atoms with Crippen LogP contribution in [0, 0.1) is 6.92 Å². The average Bonchev–Trinajstić information content (AvgIpc) is 2.97. The van der Waals surface area contributed by atoms with Gasteiger partial charge in [0.05, 0.1) is 5.69 Å². The summed E-state index contributed by atoms with van der Waals surface area (Å²) in [7, 11) is 4.18. The van der Waals surface area contributed by atoms with Crippen LogP contribution in [-0.2, 0) is 0 Å². The van der Waals surface area contributed by atoms with E-state index in [2.05, 4.69) is 71.0 Å². The lowest BCUT2D eigenvalue weighted by Gasteiger charge is -2.37. The van der Waals surface area contributed by atoms with Crippen LogP contribution in [0.4, 0.5) is 17.1 Å². The molecule has 0 aliphatic carbocycles. The van der Waals surface area contributed by atoms with Gasteiger partial charge < -0.3 is 19.7 Å². The molecule has 1 fully saturated rings. The van der Waals surface area contributed by atoms with Gasteiger partial charge in [-0.3, -0.25) is 0 Å². The Morgan fingerprint density at radius 3 is 2.23 bits per heavy atom. The summed E-state index contributed by atoms with van der Waals surface area (Å²) in [5.74, 6) is 0. The molecule has 26 heavy (non-hydrogen) atoms. The van der Waals surface area contributed by atoms with Gasteiger partial charge in [-0.05, 0) is 49.4 Å². The summed E-state index contributed by atoms with van der Waals surface area (Å²) in [6.07, 6.45) is 0. The van der Waals surface area contributed by atoms with Crippen molar-refractivity contribution in [2.45, 2.75) is 6.92 Å². The predicted octanol–water partition coefficient (Wildman–Crippen LogP) is 4.52. The molecule has 0 radical (unpaired) electrons. The lowest BCUT2D eigenvalue weighted by atomic mass is 10.1. The maximum atomic E-state index is 6.02. The number of fused-ring (bicyclic) bond motifs is 1. The van der Waals surface area contributed by atoms with Crippen LogP contribution in [0.2, 0.25) is 5.02 Å². The molecule has 1 aliphatic rings.